The molecule has 3 aromatic carbocycles. The number of rotatable bonds is 3. The van der Waals surface area contributed by atoms with Gasteiger partial charge in [0.15, 0.2) is 0 Å². The zero-order valence-electron chi connectivity index (χ0n) is 16.1. The lowest BCUT2D eigenvalue weighted by molar-refractivity contribution is 0.0965. The number of fused-ring (bicyclic) bond motifs is 1. The molecular formula is C23H20FN3O2. The molecule has 146 valence electrons. The van der Waals surface area contributed by atoms with E-state index < -0.39 is 11.8 Å². The second-order valence-electron chi connectivity index (χ2n) is 7.16. The third kappa shape index (κ3) is 3.82. The second kappa shape index (κ2) is 7.39. The van der Waals surface area contributed by atoms with Crippen molar-refractivity contribution >= 4 is 23.3 Å². The number of anilines is 2. The van der Waals surface area contributed by atoms with Crippen molar-refractivity contribution in [3.05, 3.63) is 82.7 Å². The molecule has 1 aliphatic heterocycles. The number of benzene rings is 3. The molecule has 5 nitrogen and oxygen atoms in total. The van der Waals surface area contributed by atoms with Crippen molar-refractivity contribution in [1.82, 2.24) is 5.32 Å². The van der Waals surface area contributed by atoms with Crippen LogP contribution >= 0.6 is 0 Å². The summed E-state index contributed by atoms with van der Waals surface area (Å²) in [6.45, 7) is 4.28. The van der Waals surface area contributed by atoms with Gasteiger partial charge in [-0.25, -0.2) is 9.18 Å². The number of nitrogens with one attached hydrogen (secondary N) is 3. The molecule has 0 bridgehead atoms. The topological polar surface area (TPSA) is 70.2 Å². The van der Waals surface area contributed by atoms with Gasteiger partial charge in [-0.2, -0.15) is 0 Å². The van der Waals surface area contributed by atoms with Crippen LogP contribution in [0.4, 0.5) is 20.6 Å². The minimum Gasteiger partial charge on any atom is -0.348 e. The summed E-state index contributed by atoms with van der Waals surface area (Å²) in [5.74, 6) is -0.620. The van der Waals surface area contributed by atoms with Crippen molar-refractivity contribution in [3.63, 3.8) is 0 Å². The van der Waals surface area contributed by atoms with Crippen LogP contribution in [0, 0.1) is 19.7 Å². The minimum absolute atomic E-state index is 0.149. The Morgan fingerprint density at radius 3 is 2.31 bits per heavy atom. The molecule has 0 unspecified atom stereocenters. The van der Waals surface area contributed by atoms with Crippen LogP contribution in [0.25, 0.3) is 11.1 Å². The van der Waals surface area contributed by atoms with Crippen LogP contribution in [0.3, 0.4) is 0 Å². The van der Waals surface area contributed by atoms with E-state index in [-0.39, 0.29) is 5.91 Å². The first kappa shape index (κ1) is 18.7. The SMILES string of the molecule is Cc1cc(C)cc(NC(=O)Nc2ccc(-c3cccc4c3CNC4=O)c(F)c2)c1. The number of urea groups is 1. The van der Waals surface area contributed by atoms with Crippen LogP contribution in [0.15, 0.2) is 54.6 Å². The van der Waals surface area contributed by atoms with Gasteiger partial charge in [0.1, 0.15) is 5.82 Å². The zero-order chi connectivity index (χ0) is 20.5. The van der Waals surface area contributed by atoms with E-state index in [0.717, 1.165) is 16.7 Å². The lowest BCUT2D eigenvalue weighted by atomic mass is 9.96. The summed E-state index contributed by atoms with van der Waals surface area (Å²) in [4.78, 5) is 24.1. The van der Waals surface area contributed by atoms with Crippen LogP contribution in [0.5, 0.6) is 0 Å². The van der Waals surface area contributed by atoms with E-state index >= 15 is 0 Å². The molecule has 4 rings (SSSR count). The molecule has 0 saturated heterocycles. The fourth-order valence-corrected chi connectivity index (χ4v) is 3.66. The molecule has 3 N–H and O–H groups in total. The Hall–Kier alpha value is -3.67. The predicted molar refractivity (Wildman–Crippen MR) is 112 cm³/mol. The summed E-state index contributed by atoms with van der Waals surface area (Å²) in [5, 5.41) is 8.17. The second-order valence-corrected chi connectivity index (χ2v) is 7.16. The Balaban J connectivity index is 1.54. The number of halogens is 1. The largest absolute Gasteiger partial charge is 0.348 e. The Labute approximate surface area is 168 Å². The van der Waals surface area contributed by atoms with Crippen molar-refractivity contribution in [2.45, 2.75) is 20.4 Å². The first-order valence-electron chi connectivity index (χ1n) is 9.27. The standard InChI is InChI=1S/C23H20FN3O2/c1-13-8-14(2)10-16(9-13)27-23(29)26-15-6-7-18(21(24)11-15)17-4-3-5-19-20(17)12-25-22(19)28/h3-11H,12H2,1-2H3,(H,25,28)(H2,26,27,29). The van der Waals surface area contributed by atoms with E-state index in [1.54, 1.807) is 30.3 Å². The van der Waals surface area contributed by atoms with E-state index in [9.17, 15) is 14.0 Å². The summed E-state index contributed by atoms with van der Waals surface area (Å²) in [6.07, 6.45) is 0. The van der Waals surface area contributed by atoms with Crippen molar-refractivity contribution in [2.75, 3.05) is 10.6 Å². The maximum atomic E-state index is 14.8. The lowest BCUT2D eigenvalue weighted by Crippen LogP contribution is -2.19. The van der Waals surface area contributed by atoms with Crippen molar-refractivity contribution in [2.24, 2.45) is 0 Å². The molecule has 1 heterocycles. The first-order chi connectivity index (χ1) is 13.9. The highest BCUT2D eigenvalue weighted by Crippen LogP contribution is 2.32. The van der Waals surface area contributed by atoms with Gasteiger partial charge in [0.05, 0.1) is 0 Å². The van der Waals surface area contributed by atoms with Crippen molar-refractivity contribution in [3.8, 4) is 11.1 Å². The average molecular weight is 389 g/mol. The average Bonchev–Trinajstić information content (AvgIpc) is 3.02. The number of carbonyl (C=O) groups excluding carboxylic acids is 2. The van der Waals surface area contributed by atoms with E-state index in [2.05, 4.69) is 16.0 Å². The van der Waals surface area contributed by atoms with Gasteiger partial charge in [0.25, 0.3) is 5.91 Å². The molecule has 0 atom stereocenters. The monoisotopic (exact) mass is 389 g/mol. The summed E-state index contributed by atoms with van der Waals surface area (Å²) in [6, 6.07) is 15.1. The summed E-state index contributed by atoms with van der Waals surface area (Å²) >= 11 is 0. The Bertz CT molecular complexity index is 1120. The molecule has 0 radical (unpaired) electrons. The quantitative estimate of drug-likeness (QED) is 0.590. The van der Waals surface area contributed by atoms with Gasteiger partial charge < -0.3 is 16.0 Å². The highest BCUT2D eigenvalue weighted by atomic mass is 19.1. The van der Waals surface area contributed by atoms with Gasteiger partial charge in [-0.15, -0.1) is 0 Å². The highest BCUT2D eigenvalue weighted by molar-refractivity contribution is 6.01. The molecule has 3 aromatic rings. The van der Waals surface area contributed by atoms with Crippen molar-refractivity contribution < 1.29 is 14.0 Å². The van der Waals surface area contributed by atoms with Gasteiger partial charge in [-0.1, -0.05) is 18.2 Å². The van der Waals surface area contributed by atoms with Crippen molar-refractivity contribution in [1.29, 1.82) is 0 Å². The number of carbonyl (C=O) groups is 2. The summed E-state index contributed by atoms with van der Waals surface area (Å²) in [5.41, 5.74) is 5.51. The Kier molecular flexibility index (Phi) is 4.76. The Morgan fingerprint density at radius 2 is 1.59 bits per heavy atom. The van der Waals surface area contributed by atoms with Gasteiger partial charge in [0, 0.05) is 29.0 Å². The molecular weight excluding hydrogens is 369 g/mol. The molecule has 0 fully saturated rings. The van der Waals surface area contributed by atoms with Crippen LogP contribution < -0.4 is 16.0 Å². The predicted octanol–water partition coefficient (Wildman–Crippen LogP) is 5.00. The maximum Gasteiger partial charge on any atom is 0.323 e. The molecule has 0 saturated carbocycles. The molecule has 6 heteroatoms. The molecule has 3 amide bonds. The molecule has 29 heavy (non-hydrogen) atoms. The fourth-order valence-electron chi connectivity index (χ4n) is 3.66. The fraction of sp³-hybridized carbons (Fsp3) is 0.130. The lowest BCUT2D eigenvalue weighted by Gasteiger charge is -2.12. The molecule has 0 aromatic heterocycles. The van der Waals surface area contributed by atoms with Gasteiger partial charge in [-0.3, -0.25) is 4.79 Å². The number of aryl methyl sites for hydroxylation is 2. The van der Waals surface area contributed by atoms with Crippen LogP contribution in [0.1, 0.15) is 27.0 Å². The molecule has 0 aliphatic carbocycles. The van der Waals surface area contributed by atoms with Crippen LogP contribution in [-0.4, -0.2) is 11.9 Å². The third-order valence-electron chi connectivity index (χ3n) is 4.84. The zero-order valence-corrected chi connectivity index (χ0v) is 16.1. The van der Waals surface area contributed by atoms with Crippen LogP contribution in [-0.2, 0) is 6.54 Å². The van der Waals surface area contributed by atoms with E-state index in [0.29, 0.717) is 34.6 Å². The highest BCUT2D eigenvalue weighted by Gasteiger charge is 2.23. The van der Waals surface area contributed by atoms with Gasteiger partial charge >= 0.3 is 6.03 Å². The normalized spacial score (nSPS) is 12.3. The maximum absolute atomic E-state index is 14.8. The Morgan fingerprint density at radius 1 is 0.897 bits per heavy atom. The van der Waals surface area contributed by atoms with E-state index in [4.69, 9.17) is 0 Å². The van der Waals surface area contributed by atoms with E-state index in [1.807, 2.05) is 32.0 Å². The summed E-state index contributed by atoms with van der Waals surface area (Å²) in [7, 11) is 0. The smallest absolute Gasteiger partial charge is 0.323 e. The first-order valence-corrected chi connectivity index (χ1v) is 9.27. The van der Waals surface area contributed by atoms with Crippen LogP contribution in [0.2, 0.25) is 0 Å². The number of hydrogen-bond acceptors (Lipinski definition) is 2. The third-order valence-corrected chi connectivity index (χ3v) is 4.84. The number of amides is 3. The summed E-state index contributed by atoms with van der Waals surface area (Å²) < 4.78 is 14.8. The molecule has 0 spiro atoms. The minimum atomic E-state index is -0.470. The molecule has 1 aliphatic rings. The van der Waals surface area contributed by atoms with Gasteiger partial charge in [-0.05, 0) is 72.5 Å². The van der Waals surface area contributed by atoms with Gasteiger partial charge in [0.2, 0.25) is 0 Å². The number of hydrogen-bond donors (Lipinski definition) is 3. The van der Waals surface area contributed by atoms with E-state index in [1.165, 1.54) is 6.07 Å².